The number of nitrogens with zero attached hydrogens (tertiary/aromatic N) is 2. The maximum atomic E-state index is 5.43. The van der Waals surface area contributed by atoms with Gasteiger partial charge in [-0.3, -0.25) is 4.99 Å². The minimum atomic E-state index is 0.646. The summed E-state index contributed by atoms with van der Waals surface area (Å²) < 4.78 is 10.7. The Morgan fingerprint density at radius 2 is 1.79 bits per heavy atom. The molecule has 0 aliphatic rings. The average molecular weight is 380 g/mol. The molecule has 0 bridgehead atoms. The van der Waals surface area contributed by atoms with Crippen LogP contribution < -0.4 is 15.4 Å². The van der Waals surface area contributed by atoms with Crippen molar-refractivity contribution < 1.29 is 9.26 Å². The molecule has 3 aromatic rings. The molecule has 2 aromatic carbocycles. The van der Waals surface area contributed by atoms with Crippen molar-refractivity contribution in [1.82, 2.24) is 15.8 Å². The van der Waals surface area contributed by atoms with E-state index in [1.165, 1.54) is 10.9 Å². The van der Waals surface area contributed by atoms with Crippen LogP contribution in [0.4, 0.5) is 0 Å². The molecule has 3 rings (SSSR count). The van der Waals surface area contributed by atoms with E-state index in [4.69, 9.17) is 9.26 Å². The molecule has 0 atom stereocenters. The molecule has 0 aliphatic heterocycles. The number of aromatic nitrogens is 1. The molecule has 148 valence electrons. The highest BCUT2D eigenvalue weighted by atomic mass is 16.5. The van der Waals surface area contributed by atoms with Crippen molar-refractivity contribution >= 4 is 16.7 Å². The molecule has 1 aromatic heterocycles. The standard InChI is InChI=1S/C22H28N4O2/c1-5-20-19(21(6-2)28-26-20)14-25-22(23-3)24-13-15-7-8-17-12-18(27-4)10-9-16(17)11-15/h7-12H,5-6,13-14H2,1-4H3,(H2,23,24,25). The molecule has 0 saturated carbocycles. The van der Waals surface area contributed by atoms with Crippen molar-refractivity contribution in [1.29, 1.82) is 0 Å². The van der Waals surface area contributed by atoms with Gasteiger partial charge >= 0.3 is 0 Å². The number of rotatable bonds is 7. The lowest BCUT2D eigenvalue weighted by Gasteiger charge is -2.13. The number of aliphatic imine (C=N–C) groups is 1. The SMILES string of the molecule is CCc1noc(CC)c1CNC(=NC)NCc1ccc2cc(OC)ccc2c1. The number of aryl methyl sites for hydroxylation is 2. The summed E-state index contributed by atoms with van der Waals surface area (Å²) in [5, 5.41) is 13.3. The number of nitrogens with one attached hydrogen (secondary N) is 2. The van der Waals surface area contributed by atoms with Crippen molar-refractivity contribution in [2.45, 2.75) is 39.8 Å². The Bertz CT molecular complexity index is 941. The van der Waals surface area contributed by atoms with Gasteiger partial charge in [-0.15, -0.1) is 0 Å². The number of benzene rings is 2. The van der Waals surface area contributed by atoms with Crippen LogP contribution in [0.3, 0.4) is 0 Å². The van der Waals surface area contributed by atoms with E-state index in [2.05, 4.69) is 58.9 Å². The van der Waals surface area contributed by atoms with Crippen LogP contribution in [0.2, 0.25) is 0 Å². The van der Waals surface area contributed by atoms with Crippen molar-refractivity contribution in [2.24, 2.45) is 4.99 Å². The third-order valence-electron chi connectivity index (χ3n) is 4.83. The van der Waals surface area contributed by atoms with Crippen LogP contribution in [0.5, 0.6) is 5.75 Å². The quantitative estimate of drug-likeness (QED) is 0.481. The zero-order valence-corrected chi connectivity index (χ0v) is 17.0. The summed E-state index contributed by atoms with van der Waals surface area (Å²) in [5.41, 5.74) is 3.33. The molecular formula is C22H28N4O2. The molecule has 28 heavy (non-hydrogen) atoms. The fraction of sp³-hybridized carbons (Fsp3) is 0.364. The molecular weight excluding hydrogens is 352 g/mol. The zero-order chi connectivity index (χ0) is 19.9. The zero-order valence-electron chi connectivity index (χ0n) is 17.0. The lowest BCUT2D eigenvalue weighted by atomic mass is 10.1. The van der Waals surface area contributed by atoms with Gasteiger partial charge in [0, 0.05) is 32.1 Å². The molecule has 0 unspecified atom stereocenters. The van der Waals surface area contributed by atoms with Crippen LogP contribution in [-0.2, 0) is 25.9 Å². The Balaban J connectivity index is 1.63. The molecule has 2 N–H and O–H groups in total. The van der Waals surface area contributed by atoms with Crippen LogP contribution in [0.1, 0.15) is 36.4 Å². The van der Waals surface area contributed by atoms with Crippen LogP contribution in [0.15, 0.2) is 45.9 Å². The van der Waals surface area contributed by atoms with Gasteiger partial charge in [0.2, 0.25) is 0 Å². The van der Waals surface area contributed by atoms with Gasteiger partial charge < -0.3 is 19.9 Å². The van der Waals surface area contributed by atoms with E-state index in [-0.39, 0.29) is 0 Å². The van der Waals surface area contributed by atoms with Crippen LogP contribution in [0.25, 0.3) is 10.8 Å². The molecule has 0 amide bonds. The van der Waals surface area contributed by atoms with E-state index in [0.717, 1.165) is 47.0 Å². The predicted molar refractivity (Wildman–Crippen MR) is 113 cm³/mol. The maximum Gasteiger partial charge on any atom is 0.191 e. The summed E-state index contributed by atoms with van der Waals surface area (Å²) in [4.78, 5) is 4.33. The van der Waals surface area contributed by atoms with Crippen molar-refractivity contribution in [2.75, 3.05) is 14.2 Å². The van der Waals surface area contributed by atoms with Gasteiger partial charge in [0.25, 0.3) is 0 Å². The number of ether oxygens (including phenoxy) is 1. The summed E-state index contributed by atoms with van der Waals surface area (Å²) in [6.45, 7) is 5.49. The van der Waals surface area contributed by atoms with E-state index in [0.29, 0.717) is 13.1 Å². The molecule has 0 radical (unpaired) electrons. The Morgan fingerprint density at radius 3 is 2.50 bits per heavy atom. The predicted octanol–water partition coefficient (Wildman–Crippen LogP) is 3.83. The largest absolute Gasteiger partial charge is 0.497 e. The lowest BCUT2D eigenvalue weighted by molar-refractivity contribution is 0.380. The van der Waals surface area contributed by atoms with Crippen LogP contribution in [-0.4, -0.2) is 25.3 Å². The first-order valence-electron chi connectivity index (χ1n) is 9.66. The fourth-order valence-corrected chi connectivity index (χ4v) is 3.23. The molecule has 1 heterocycles. The van der Waals surface area contributed by atoms with Gasteiger partial charge in [-0.1, -0.05) is 37.2 Å². The van der Waals surface area contributed by atoms with Gasteiger partial charge in [-0.25, -0.2) is 0 Å². The summed E-state index contributed by atoms with van der Waals surface area (Å²) in [7, 11) is 3.46. The van der Waals surface area contributed by atoms with Crippen molar-refractivity contribution in [3.05, 3.63) is 59.0 Å². The summed E-state index contributed by atoms with van der Waals surface area (Å²) in [6.07, 6.45) is 1.69. The normalized spacial score (nSPS) is 11.6. The highest BCUT2D eigenvalue weighted by Gasteiger charge is 2.13. The molecule has 6 nitrogen and oxygen atoms in total. The minimum Gasteiger partial charge on any atom is -0.497 e. The molecule has 0 saturated heterocycles. The molecule has 0 spiro atoms. The third kappa shape index (κ3) is 4.44. The van der Waals surface area contributed by atoms with Gasteiger partial charge in [-0.05, 0) is 41.0 Å². The molecule has 0 aliphatic carbocycles. The second-order valence-electron chi connectivity index (χ2n) is 6.56. The second-order valence-corrected chi connectivity index (χ2v) is 6.56. The minimum absolute atomic E-state index is 0.646. The average Bonchev–Trinajstić information content (AvgIpc) is 3.15. The van der Waals surface area contributed by atoms with Crippen LogP contribution >= 0.6 is 0 Å². The first-order chi connectivity index (χ1) is 13.7. The maximum absolute atomic E-state index is 5.43. The van der Waals surface area contributed by atoms with E-state index >= 15 is 0 Å². The molecule has 0 fully saturated rings. The Kier molecular flexibility index (Phi) is 6.53. The first-order valence-corrected chi connectivity index (χ1v) is 9.66. The third-order valence-corrected chi connectivity index (χ3v) is 4.83. The lowest BCUT2D eigenvalue weighted by Crippen LogP contribution is -2.36. The van der Waals surface area contributed by atoms with Gasteiger partial charge in [-0.2, -0.15) is 0 Å². The highest BCUT2D eigenvalue weighted by Crippen LogP contribution is 2.22. The highest BCUT2D eigenvalue weighted by molar-refractivity contribution is 5.85. The number of guanidine groups is 1. The Hall–Kier alpha value is -3.02. The van der Waals surface area contributed by atoms with E-state index in [9.17, 15) is 0 Å². The topological polar surface area (TPSA) is 71.7 Å². The number of hydrogen-bond donors (Lipinski definition) is 2. The summed E-state index contributed by atoms with van der Waals surface area (Å²) in [5.74, 6) is 2.56. The second kappa shape index (κ2) is 9.26. The van der Waals surface area contributed by atoms with Crippen molar-refractivity contribution in [3.8, 4) is 5.75 Å². The van der Waals surface area contributed by atoms with E-state index in [1.54, 1.807) is 14.2 Å². The van der Waals surface area contributed by atoms with Gasteiger partial charge in [0.1, 0.15) is 11.5 Å². The first kappa shape index (κ1) is 19.7. The van der Waals surface area contributed by atoms with E-state index < -0.39 is 0 Å². The monoisotopic (exact) mass is 380 g/mol. The smallest absolute Gasteiger partial charge is 0.191 e. The summed E-state index contributed by atoms with van der Waals surface area (Å²) >= 11 is 0. The Morgan fingerprint density at radius 1 is 1.04 bits per heavy atom. The van der Waals surface area contributed by atoms with Crippen LogP contribution in [0, 0.1) is 0 Å². The summed E-state index contributed by atoms with van der Waals surface area (Å²) in [6, 6.07) is 12.5. The number of hydrogen-bond acceptors (Lipinski definition) is 4. The van der Waals surface area contributed by atoms with Gasteiger partial charge in [0.05, 0.1) is 12.8 Å². The fourth-order valence-electron chi connectivity index (χ4n) is 3.23. The molecule has 6 heteroatoms. The van der Waals surface area contributed by atoms with E-state index in [1.807, 2.05) is 12.1 Å². The number of fused-ring (bicyclic) bond motifs is 1. The Labute approximate surface area is 166 Å². The number of methoxy groups -OCH3 is 1. The van der Waals surface area contributed by atoms with Crippen molar-refractivity contribution in [3.63, 3.8) is 0 Å². The van der Waals surface area contributed by atoms with Gasteiger partial charge in [0.15, 0.2) is 5.96 Å².